The molecule has 0 bridgehead atoms. The number of aromatic nitrogens is 4. The van der Waals surface area contributed by atoms with E-state index >= 15 is 0 Å². The molecule has 2 aromatic heterocycles. The van der Waals surface area contributed by atoms with E-state index < -0.39 is 0 Å². The summed E-state index contributed by atoms with van der Waals surface area (Å²) in [5.41, 5.74) is 2.29. The predicted molar refractivity (Wildman–Crippen MR) is 111 cm³/mol. The van der Waals surface area contributed by atoms with Crippen molar-refractivity contribution >= 4 is 34.0 Å². The number of anilines is 1. The second-order valence-corrected chi connectivity index (χ2v) is 6.93. The molecule has 0 atom stereocenters. The molecule has 2 heterocycles. The van der Waals surface area contributed by atoms with Crippen LogP contribution in [0.15, 0.2) is 54.9 Å². The minimum atomic E-state index is -0.269. The van der Waals surface area contributed by atoms with Gasteiger partial charge in [0.1, 0.15) is 22.8 Å². The first-order valence-electron chi connectivity index (χ1n) is 8.64. The van der Waals surface area contributed by atoms with Crippen LogP contribution < -0.4 is 14.8 Å². The number of nitrogens with zero attached hydrogens (tertiary/aromatic N) is 4. The number of amides is 1. The van der Waals surface area contributed by atoms with E-state index in [1.807, 2.05) is 36.4 Å². The third-order valence-corrected chi connectivity index (χ3v) is 5.10. The normalized spacial score (nSPS) is 11.1. The fraction of sp³-hybridized carbons (Fsp3) is 0.100. The van der Waals surface area contributed by atoms with Crippen molar-refractivity contribution in [3.05, 3.63) is 60.4 Å². The number of nitrogens with one attached hydrogen (secondary N) is 1. The lowest BCUT2D eigenvalue weighted by molar-refractivity contribution is -0.111. The average molecular weight is 407 g/mol. The van der Waals surface area contributed by atoms with E-state index in [2.05, 4.69) is 20.6 Å². The van der Waals surface area contributed by atoms with E-state index in [9.17, 15) is 4.79 Å². The van der Waals surface area contributed by atoms with E-state index in [4.69, 9.17) is 9.47 Å². The highest BCUT2D eigenvalue weighted by molar-refractivity contribution is 7.19. The third-order valence-electron chi connectivity index (χ3n) is 4.13. The Balaban J connectivity index is 1.53. The molecule has 0 radical (unpaired) electrons. The van der Waals surface area contributed by atoms with Crippen LogP contribution in [0.5, 0.6) is 11.5 Å². The molecule has 4 rings (SSSR count). The molecule has 0 saturated carbocycles. The van der Waals surface area contributed by atoms with Gasteiger partial charge in [0.05, 0.1) is 19.9 Å². The molecule has 0 fully saturated rings. The largest absolute Gasteiger partial charge is 0.497 e. The van der Waals surface area contributed by atoms with Gasteiger partial charge in [0.15, 0.2) is 0 Å². The van der Waals surface area contributed by atoms with Crippen molar-refractivity contribution in [3.63, 3.8) is 0 Å². The van der Waals surface area contributed by atoms with Gasteiger partial charge in [-0.15, -0.1) is 10.2 Å². The van der Waals surface area contributed by atoms with Crippen LogP contribution in [-0.4, -0.2) is 39.9 Å². The molecule has 0 aliphatic heterocycles. The van der Waals surface area contributed by atoms with E-state index in [-0.39, 0.29) is 5.91 Å². The molecule has 1 N–H and O–H groups in total. The number of carbonyl (C=O) groups excluding carboxylic acids is 1. The van der Waals surface area contributed by atoms with Crippen LogP contribution in [0.25, 0.3) is 21.6 Å². The van der Waals surface area contributed by atoms with Crippen molar-refractivity contribution in [1.29, 1.82) is 0 Å². The molecule has 0 spiro atoms. The molecule has 4 aromatic rings. The number of rotatable bonds is 6. The van der Waals surface area contributed by atoms with E-state index in [1.54, 1.807) is 37.2 Å². The van der Waals surface area contributed by atoms with Gasteiger partial charge < -0.3 is 14.8 Å². The van der Waals surface area contributed by atoms with Crippen LogP contribution in [0.1, 0.15) is 5.56 Å². The second-order valence-electron chi connectivity index (χ2n) is 5.98. The zero-order valence-electron chi connectivity index (χ0n) is 15.7. The maximum absolute atomic E-state index is 12.4. The van der Waals surface area contributed by atoms with Gasteiger partial charge in [0, 0.05) is 11.6 Å². The highest BCUT2D eigenvalue weighted by atomic mass is 32.1. The van der Waals surface area contributed by atoms with Gasteiger partial charge >= 0.3 is 0 Å². The van der Waals surface area contributed by atoms with Crippen molar-refractivity contribution in [3.8, 4) is 22.1 Å². The van der Waals surface area contributed by atoms with Gasteiger partial charge in [-0.05, 0) is 42.0 Å². The Morgan fingerprint density at radius 1 is 1.14 bits per heavy atom. The SMILES string of the molecule is COc1ccc(/C=C/C(=O)Nc2cc(-c3nn4cnnc4s3)ccc2OC)cc1. The number of hydrogen-bond acceptors (Lipinski definition) is 7. The lowest BCUT2D eigenvalue weighted by Crippen LogP contribution is -2.09. The Labute approximate surface area is 170 Å². The van der Waals surface area contributed by atoms with Crippen LogP contribution >= 0.6 is 11.3 Å². The van der Waals surface area contributed by atoms with Crippen molar-refractivity contribution < 1.29 is 14.3 Å². The monoisotopic (exact) mass is 407 g/mol. The molecule has 2 aromatic carbocycles. The Bertz CT molecular complexity index is 1150. The topological polar surface area (TPSA) is 90.6 Å². The third kappa shape index (κ3) is 4.09. The van der Waals surface area contributed by atoms with Gasteiger partial charge in [0.2, 0.25) is 10.9 Å². The van der Waals surface area contributed by atoms with Gasteiger partial charge in [-0.3, -0.25) is 4.79 Å². The van der Waals surface area contributed by atoms with Crippen molar-refractivity contribution in [2.45, 2.75) is 0 Å². The van der Waals surface area contributed by atoms with Crippen LogP contribution in [0.4, 0.5) is 5.69 Å². The molecule has 0 aliphatic carbocycles. The Hall–Kier alpha value is -3.72. The molecule has 9 heteroatoms. The highest BCUT2D eigenvalue weighted by Gasteiger charge is 2.12. The van der Waals surface area contributed by atoms with Crippen LogP contribution in [0.2, 0.25) is 0 Å². The Morgan fingerprint density at radius 2 is 1.97 bits per heavy atom. The summed E-state index contributed by atoms with van der Waals surface area (Å²) in [7, 11) is 3.17. The van der Waals surface area contributed by atoms with E-state index in [0.717, 1.165) is 21.9 Å². The summed E-state index contributed by atoms with van der Waals surface area (Å²) in [6, 6.07) is 12.9. The summed E-state index contributed by atoms with van der Waals surface area (Å²) < 4.78 is 12.1. The zero-order chi connectivity index (χ0) is 20.2. The fourth-order valence-corrected chi connectivity index (χ4v) is 3.49. The molecular formula is C20H17N5O3S. The summed E-state index contributed by atoms with van der Waals surface area (Å²) in [4.78, 5) is 13.1. The number of hydrogen-bond donors (Lipinski definition) is 1. The number of fused-ring (bicyclic) bond motifs is 1. The molecular weight excluding hydrogens is 390 g/mol. The maximum Gasteiger partial charge on any atom is 0.248 e. The Morgan fingerprint density at radius 3 is 2.69 bits per heavy atom. The lowest BCUT2D eigenvalue weighted by atomic mass is 10.2. The smallest absolute Gasteiger partial charge is 0.248 e. The first-order valence-corrected chi connectivity index (χ1v) is 9.46. The van der Waals surface area contributed by atoms with Gasteiger partial charge in [0.25, 0.3) is 0 Å². The van der Waals surface area contributed by atoms with Crippen LogP contribution in [0, 0.1) is 0 Å². The van der Waals surface area contributed by atoms with Crippen LogP contribution in [-0.2, 0) is 4.79 Å². The number of carbonyl (C=O) groups is 1. The van der Waals surface area contributed by atoms with Gasteiger partial charge in [-0.1, -0.05) is 23.5 Å². The Kier molecular flexibility index (Phi) is 5.21. The fourth-order valence-electron chi connectivity index (χ4n) is 2.68. The zero-order valence-corrected chi connectivity index (χ0v) is 16.5. The lowest BCUT2D eigenvalue weighted by Gasteiger charge is -2.10. The first-order chi connectivity index (χ1) is 14.2. The molecule has 1 amide bonds. The van der Waals surface area contributed by atoms with E-state index in [1.165, 1.54) is 17.4 Å². The number of ether oxygens (including phenoxy) is 2. The quantitative estimate of drug-likeness (QED) is 0.492. The summed E-state index contributed by atoms with van der Waals surface area (Å²) in [6.07, 6.45) is 4.75. The highest BCUT2D eigenvalue weighted by Crippen LogP contribution is 2.32. The van der Waals surface area contributed by atoms with Gasteiger partial charge in [-0.2, -0.15) is 9.61 Å². The molecule has 8 nitrogen and oxygen atoms in total. The number of benzene rings is 2. The summed E-state index contributed by atoms with van der Waals surface area (Å²) in [6.45, 7) is 0. The summed E-state index contributed by atoms with van der Waals surface area (Å²) >= 11 is 1.41. The van der Waals surface area contributed by atoms with Crippen LogP contribution in [0.3, 0.4) is 0 Å². The molecule has 0 unspecified atom stereocenters. The van der Waals surface area contributed by atoms with Crippen molar-refractivity contribution in [2.75, 3.05) is 19.5 Å². The average Bonchev–Trinajstić information content (AvgIpc) is 3.35. The minimum Gasteiger partial charge on any atom is -0.497 e. The molecule has 0 aliphatic rings. The summed E-state index contributed by atoms with van der Waals surface area (Å²) in [5, 5.41) is 15.9. The maximum atomic E-state index is 12.4. The van der Waals surface area contributed by atoms with Crippen molar-refractivity contribution in [1.82, 2.24) is 19.8 Å². The number of methoxy groups -OCH3 is 2. The minimum absolute atomic E-state index is 0.269. The predicted octanol–water partition coefficient (Wildman–Crippen LogP) is 3.52. The molecule has 29 heavy (non-hydrogen) atoms. The summed E-state index contributed by atoms with van der Waals surface area (Å²) in [5.74, 6) is 1.05. The first kappa shape index (κ1) is 18.6. The van der Waals surface area contributed by atoms with E-state index in [0.29, 0.717) is 16.4 Å². The van der Waals surface area contributed by atoms with Gasteiger partial charge in [-0.25, -0.2) is 0 Å². The standard InChI is InChI=1S/C20H17N5O3S/c1-27-15-7-3-13(4-8-15)5-10-18(26)22-16-11-14(6-9-17(16)28-2)19-24-25-12-21-23-20(25)29-19/h3-12H,1-2H3,(H,22,26)/b10-5+. The second kappa shape index (κ2) is 8.11. The van der Waals surface area contributed by atoms with Crippen molar-refractivity contribution in [2.24, 2.45) is 0 Å². The molecule has 0 saturated heterocycles. The molecule has 146 valence electrons.